The van der Waals surface area contributed by atoms with Crippen molar-refractivity contribution in [1.82, 2.24) is 5.43 Å². The van der Waals surface area contributed by atoms with Crippen molar-refractivity contribution >= 4 is 21.7 Å². The van der Waals surface area contributed by atoms with Crippen LogP contribution in [0.2, 0.25) is 0 Å². The van der Waals surface area contributed by atoms with Gasteiger partial charge < -0.3 is 10.2 Å². The molecule has 7 nitrogen and oxygen atoms in total. The summed E-state index contributed by atoms with van der Waals surface area (Å²) in [6.45, 7) is 2.32. The van der Waals surface area contributed by atoms with Gasteiger partial charge in [0, 0.05) is 12.0 Å². The number of sulfonamides is 1. The largest absolute Gasteiger partial charge is 0.478 e. The van der Waals surface area contributed by atoms with E-state index in [1.54, 1.807) is 24.3 Å². The fourth-order valence-electron chi connectivity index (χ4n) is 3.78. The standard InChI is InChI=1S/C22H28N2O5S/c1-3-20(25)22(13-14-22)18-8-10-19(11-9-18)24(30(2,28)29)23-15-12-16-4-6-17(7-5-16)21(26)27/h4-11,20,23,25H,3,12-15H2,1-2H3,(H,26,27). The van der Waals surface area contributed by atoms with E-state index in [-0.39, 0.29) is 17.1 Å². The molecule has 1 atom stereocenters. The van der Waals surface area contributed by atoms with Gasteiger partial charge in [-0.15, -0.1) is 0 Å². The first-order valence-corrected chi connectivity index (χ1v) is 11.9. The number of nitrogens with one attached hydrogen (secondary N) is 1. The number of anilines is 1. The minimum atomic E-state index is -3.55. The Morgan fingerprint density at radius 1 is 1.13 bits per heavy atom. The topological polar surface area (TPSA) is 107 Å². The first-order chi connectivity index (χ1) is 14.2. The molecule has 8 heteroatoms. The van der Waals surface area contributed by atoms with Crippen LogP contribution < -0.4 is 9.84 Å². The minimum Gasteiger partial charge on any atom is -0.478 e. The molecule has 1 aliphatic rings. The Hall–Kier alpha value is -2.42. The van der Waals surface area contributed by atoms with Crippen LogP contribution >= 0.6 is 0 Å². The van der Waals surface area contributed by atoms with Crippen LogP contribution in [0.4, 0.5) is 5.69 Å². The number of carbonyl (C=O) groups is 1. The number of aromatic carboxylic acids is 1. The third-order valence-electron chi connectivity index (χ3n) is 5.69. The lowest BCUT2D eigenvalue weighted by Crippen LogP contribution is -2.43. The van der Waals surface area contributed by atoms with Gasteiger partial charge in [-0.05, 0) is 61.1 Å². The monoisotopic (exact) mass is 432 g/mol. The summed E-state index contributed by atoms with van der Waals surface area (Å²) < 4.78 is 25.8. The summed E-state index contributed by atoms with van der Waals surface area (Å²) in [4.78, 5) is 10.9. The van der Waals surface area contributed by atoms with Crippen LogP contribution in [-0.2, 0) is 21.9 Å². The van der Waals surface area contributed by atoms with Gasteiger partial charge in [0.2, 0.25) is 10.0 Å². The highest BCUT2D eigenvalue weighted by atomic mass is 32.2. The van der Waals surface area contributed by atoms with Crippen molar-refractivity contribution in [3.8, 4) is 0 Å². The van der Waals surface area contributed by atoms with Crippen molar-refractivity contribution < 1.29 is 23.4 Å². The Labute approximate surface area is 177 Å². The molecule has 0 amide bonds. The van der Waals surface area contributed by atoms with Crippen LogP contribution in [0.3, 0.4) is 0 Å². The molecule has 30 heavy (non-hydrogen) atoms. The predicted molar refractivity (Wildman–Crippen MR) is 116 cm³/mol. The van der Waals surface area contributed by atoms with Gasteiger partial charge in [0.25, 0.3) is 0 Å². The Morgan fingerprint density at radius 2 is 1.73 bits per heavy atom. The second-order valence-corrected chi connectivity index (χ2v) is 9.65. The van der Waals surface area contributed by atoms with Crippen molar-refractivity contribution in [2.45, 2.75) is 44.1 Å². The summed E-state index contributed by atoms with van der Waals surface area (Å²) >= 11 is 0. The predicted octanol–water partition coefficient (Wildman–Crippen LogP) is 2.70. The molecule has 0 radical (unpaired) electrons. The molecule has 0 saturated heterocycles. The highest BCUT2D eigenvalue weighted by Gasteiger charge is 2.49. The van der Waals surface area contributed by atoms with Gasteiger partial charge >= 0.3 is 5.97 Å². The summed E-state index contributed by atoms with van der Waals surface area (Å²) in [6, 6.07) is 13.8. The summed E-state index contributed by atoms with van der Waals surface area (Å²) in [5, 5.41) is 19.3. The Balaban J connectivity index is 1.68. The third-order valence-corrected chi connectivity index (χ3v) is 6.69. The quantitative estimate of drug-likeness (QED) is 0.499. The van der Waals surface area contributed by atoms with E-state index in [2.05, 4.69) is 5.43 Å². The molecule has 1 saturated carbocycles. The van der Waals surface area contributed by atoms with E-state index >= 15 is 0 Å². The summed E-state index contributed by atoms with van der Waals surface area (Å²) in [6.07, 6.45) is 3.85. The van der Waals surface area contributed by atoms with Gasteiger partial charge in [-0.3, -0.25) is 0 Å². The highest BCUT2D eigenvalue weighted by molar-refractivity contribution is 7.92. The van der Waals surface area contributed by atoms with E-state index in [1.165, 1.54) is 12.1 Å². The number of rotatable bonds is 10. The lowest BCUT2D eigenvalue weighted by atomic mass is 9.88. The number of aliphatic hydroxyl groups excluding tert-OH is 1. The lowest BCUT2D eigenvalue weighted by Gasteiger charge is -2.25. The van der Waals surface area contributed by atoms with Crippen molar-refractivity contribution in [2.24, 2.45) is 0 Å². The smallest absolute Gasteiger partial charge is 0.335 e. The number of aliphatic hydroxyl groups is 1. The highest BCUT2D eigenvalue weighted by Crippen LogP contribution is 2.52. The zero-order chi connectivity index (χ0) is 21.9. The third kappa shape index (κ3) is 4.83. The van der Waals surface area contributed by atoms with Gasteiger partial charge in [0.05, 0.1) is 23.6 Å². The number of carboxylic acid groups (broad SMARTS) is 1. The zero-order valence-electron chi connectivity index (χ0n) is 17.2. The summed E-state index contributed by atoms with van der Waals surface area (Å²) in [7, 11) is -3.55. The average molecular weight is 433 g/mol. The van der Waals surface area contributed by atoms with E-state index < -0.39 is 16.0 Å². The molecular formula is C22H28N2O5S. The number of benzene rings is 2. The van der Waals surface area contributed by atoms with Crippen LogP contribution in [0, 0.1) is 0 Å². The van der Waals surface area contributed by atoms with Gasteiger partial charge in [-0.25, -0.2) is 23.1 Å². The molecule has 0 aliphatic heterocycles. The molecule has 2 aromatic rings. The van der Waals surface area contributed by atoms with E-state index in [4.69, 9.17) is 5.11 Å². The van der Waals surface area contributed by atoms with Crippen LogP contribution in [0.25, 0.3) is 0 Å². The number of hydrazine groups is 1. The van der Waals surface area contributed by atoms with E-state index in [0.717, 1.165) is 34.6 Å². The van der Waals surface area contributed by atoms with Crippen molar-refractivity contribution in [2.75, 3.05) is 17.2 Å². The Kier molecular flexibility index (Phi) is 6.50. The van der Waals surface area contributed by atoms with Gasteiger partial charge in [0.1, 0.15) is 0 Å². The van der Waals surface area contributed by atoms with Crippen molar-refractivity contribution in [3.05, 3.63) is 65.2 Å². The number of carboxylic acids is 1. The summed E-state index contributed by atoms with van der Waals surface area (Å²) in [5.74, 6) is -0.981. The molecule has 162 valence electrons. The molecule has 1 fully saturated rings. The maximum atomic E-state index is 12.3. The molecule has 2 aromatic carbocycles. The first kappa shape index (κ1) is 22.3. The molecule has 0 aromatic heterocycles. The second-order valence-electron chi connectivity index (χ2n) is 7.81. The Morgan fingerprint density at radius 3 is 2.20 bits per heavy atom. The average Bonchev–Trinajstić information content (AvgIpc) is 3.52. The molecule has 0 spiro atoms. The molecule has 0 heterocycles. The van der Waals surface area contributed by atoms with Crippen LogP contribution in [0.1, 0.15) is 47.7 Å². The lowest BCUT2D eigenvalue weighted by molar-refractivity contribution is 0.0697. The maximum Gasteiger partial charge on any atom is 0.335 e. The SMILES string of the molecule is CCC(O)C1(c2ccc(N(NCCc3ccc(C(=O)O)cc3)S(C)(=O)=O)cc2)CC1. The molecular weight excluding hydrogens is 404 g/mol. The molecule has 0 bridgehead atoms. The number of nitrogens with zero attached hydrogens (tertiary/aromatic N) is 1. The van der Waals surface area contributed by atoms with E-state index in [0.29, 0.717) is 25.1 Å². The fraction of sp³-hybridized carbons (Fsp3) is 0.409. The first-order valence-electron chi connectivity index (χ1n) is 10.0. The zero-order valence-corrected chi connectivity index (χ0v) is 18.0. The maximum absolute atomic E-state index is 12.3. The van der Waals surface area contributed by atoms with Crippen LogP contribution in [-0.4, -0.2) is 43.5 Å². The van der Waals surface area contributed by atoms with Crippen molar-refractivity contribution in [3.63, 3.8) is 0 Å². The fourth-order valence-corrected chi connectivity index (χ4v) is 4.61. The van der Waals surface area contributed by atoms with Gasteiger partial charge in [-0.1, -0.05) is 31.2 Å². The van der Waals surface area contributed by atoms with E-state index in [9.17, 15) is 18.3 Å². The molecule has 1 aliphatic carbocycles. The van der Waals surface area contributed by atoms with Crippen LogP contribution in [0.15, 0.2) is 48.5 Å². The van der Waals surface area contributed by atoms with Gasteiger partial charge in [-0.2, -0.15) is 0 Å². The molecule has 1 unspecified atom stereocenters. The minimum absolute atomic E-state index is 0.196. The van der Waals surface area contributed by atoms with Crippen LogP contribution in [0.5, 0.6) is 0 Å². The Bertz CT molecular complexity index is 983. The molecule has 3 N–H and O–H groups in total. The number of hydrogen-bond acceptors (Lipinski definition) is 5. The van der Waals surface area contributed by atoms with Gasteiger partial charge in [0.15, 0.2) is 0 Å². The number of hydrogen-bond donors (Lipinski definition) is 3. The molecule has 3 rings (SSSR count). The normalized spacial score (nSPS) is 16.1. The van der Waals surface area contributed by atoms with Crippen molar-refractivity contribution in [1.29, 1.82) is 0 Å². The second kappa shape index (κ2) is 8.75. The van der Waals surface area contributed by atoms with E-state index in [1.807, 2.05) is 19.1 Å². The summed E-state index contributed by atoms with van der Waals surface area (Å²) in [5.41, 5.74) is 5.41.